The van der Waals surface area contributed by atoms with E-state index in [-0.39, 0.29) is 42.0 Å². The maximum Gasteiger partial charge on any atom is 0.253 e. The molecule has 1 saturated heterocycles. The zero-order chi connectivity index (χ0) is 20.4. The molecule has 1 heterocycles. The van der Waals surface area contributed by atoms with Crippen LogP contribution in [0.3, 0.4) is 0 Å². The molecule has 2 aromatic carbocycles. The summed E-state index contributed by atoms with van der Waals surface area (Å²) >= 11 is 0. The lowest BCUT2D eigenvalue weighted by Crippen LogP contribution is -2.47. The quantitative estimate of drug-likeness (QED) is 0.764. The van der Waals surface area contributed by atoms with Gasteiger partial charge in [-0.15, -0.1) is 0 Å². The van der Waals surface area contributed by atoms with Gasteiger partial charge in [0, 0.05) is 36.8 Å². The number of amides is 2. The molecule has 152 valence electrons. The summed E-state index contributed by atoms with van der Waals surface area (Å²) in [7, 11) is 0. The predicted octanol–water partition coefficient (Wildman–Crippen LogP) is 4.01. The van der Waals surface area contributed by atoms with E-state index in [9.17, 15) is 18.4 Å². The van der Waals surface area contributed by atoms with Crippen LogP contribution in [0, 0.1) is 17.6 Å². The number of hydrogen-bond donors (Lipinski definition) is 0. The second-order valence-electron chi connectivity index (χ2n) is 7.89. The van der Waals surface area contributed by atoms with Gasteiger partial charge in [0.25, 0.3) is 5.91 Å². The molecule has 2 amide bonds. The number of halogens is 2. The third kappa shape index (κ3) is 4.47. The minimum atomic E-state index is -0.388. The maximum absolute atomic E-state index is 14.1. The number of piperidine rings is 1. The maximum atomic E-state index is 14.1. The number of carbonyl (C=O) groups is 2. The van der Waals surface area contributed by atoms with E-state index < -0.39 is 0 Å². The van der Waals surface area contributed by atoms with Crippen LogP contribution in [0.25, 0.3) is 0 Å². The topological polar surface area (TPSA) is 40.6 Å². The molecule has 1 aliphatic carbocycles. The van der Waals surface area contributed by atoms with Gasteiger partial charge < -0.3 is 9.80 Å². The molecule has 2 aliphatic rings. The lowest BCUT2D eigenvalue weighted by atomic mass is 9.95. The van der Waals surface area contributed by atoms with Crippen LogP contribution in [-0.4, -0.2) is 40.7 Å². The van der Waals surface area contributed by atoms with E-state index in [4.69, 9.17) is 0 Å². The van der Waals surface area contributed by atoms with Crippen molar-refractivity contribution in [2.24, 2.45) is 5.92 Å². The fraction of sp³-hybridized carbons (Fsp3) is 0.391. The first-order valence-electron chi connectivity index (χ1n) is 10.1. The Hall–Kier alpha value is -2.76. The number of rotatable bonds is 5. The summed E-state index contributed by atoms with van der Waals surface area (Å²) in [6, 6.07) is 12.2. The fourth-order valence-electron chi connectivity index (χ4n) is 3.96. The Kier molecular flexibility index (Phi) is 5.60. The van der Waals surface area contributed by atoms with Crippen molar-refractivity contribution in [3.8, 4) is 0 Å². The molecule has 0 bridgehead atoms. The molecule has 2 fully saturated rings. The molecule has 0 N–H and O–H groups in total. The summed E-state index contributed by atoms with van der Waals surface area (Å²) in [5.41, 5.74) is 0.938. The molecule has 0 spiro atoms. The van der Waals surface area contributed by atoms with E-state index >= 15 is 0 Å². The zero-order valence-electron chi connectivity index (χ0n) is 16.2. The Morgan fingerprint density at radius 3 is 2.41 bits per heavy atom. The molecule has 4 nitrogen and oxygen atoms in total. The number of likely N-dealkylation sites (tertiary alicyclic amines) is 1. The second kappa shape index (κ2) is 8.31. The highest BCUT2D eigenvalue weighted by Crippen LogP contribution is 2.32. The van der Waals surface area contributed by atoms with E-state index in [1.165, 1.54) is 30.3 Å². The van der Waals surface area contributed by atoms with Crippen LogP contribution in [-0.2, 0) is 11.3 Å². The van der Waals surface area contributed by atoms with Crippen molar-refractivity contribution in [2.75, 3.05) is 13.1 Å². The third-order valence-corrected chi connectivity index (χ3v) is 5.72. The molecule has 1 saturated carbocycles. The Morgan fingerprint density at radius 1 is 1.00 bits per heavy atom. The summed E-state index contributed by atoms with van der Waals surface area (Å²) in [4.78, 5) is 29.5. The molecular weight excluding hydrogens is 374 g/mol. The van der Waals surface area contributed by atoms with Crippen LogP contribution in [0.1, 0.15) is 41.6 Å². The van der Waals surface area contributed by atoms with Gasteiger partial charge >= 0.3 is 0 Å². The summed E-state index contributed by atoms with van der Waals surface area (Å²) in [5, 5.41) is 0. The molecule has 2 aromatic rings. The highest BCUT2D eigenvalue weighted by atomic mass is 19.1. The van der Waals surface area contributed by atoms with Gasteiger partial charge in [-0.2, -0.15) is 0 Å². The SMILES string of the molecule is O=C(c1ccc(F)cc1)N1CCCC(C(=O)N(Cc2ccccc2F)C2CC2)C1. The fourth-order valence-corrected chi connectivity index (χ4v) is 3.96. The number of nitrogens with zero attached hydrogens (tertiary/aromatic N) is 2. The lowest BCUT2D eigenvalue weighted by molar-refractivity contribution is -0.138. The number of hydrogen-bond acceptors (Lipinski definition) is 2. The first-order chi connectivity index (χ1) is 14.0. The van der Waals surface area contributed by atoms with Gasteiger partial charge in [-0.3, -0.25) is 9.59 Å². The molecule has 6 heteroatoms. The summed E-state index contributed by atoms with van der Waals surface area (Å²) < 4.78 is 27.2. The molecule has 1 unspecified atom stereocenters. The highest BCUT2D eigenvalue weighted by molar-refractivity contribution is 5.94. The van der Waals surface area contributed by atoms with Gasteiger partial charge in [0.05, 0.1) is 5.92 Å². The highest BCUT2D eigenvalue weighted by Gasteiger charge is 2.38. The van der Waals surface area contributed by atoms with Crippen LogP contribution in [0.2, 0.25) is 0 Å². The van der Waals surface area contributed by atoms with Gasteiger partial charge in [0.1, 0.15) is 11.6 Å². The average Bonchev–Trinajstić information content (AvgIpc) is 3.58. The van der Waals surface area contributed by atoms with Gasteiger partial charge in [-0.25, -0.2) is 8.78 Å². The average molecular weight is 398 g/mol. The van der Waals surface area contributed by atoms with Crippen LogP contribution in [0.4, 0.5) is 8.78 Å². The molecule has 1 aliphatic heterocycles. The molecule has 0 aromatic heterocycles. The Morgan fingerprint density at radius 2 is 1.72 bits per heavy atom. The first kappa shape index (κ1) is 19.6. The zero-order valence-corrected chi connectivity index (χ0v) is 16.2. The van der Waals surface area contributed by atoms with Crippen molar-refractivity contribution in [1.82, 2.24) is 9.80 Å². The van der Waals surface area contributed by atoms with Crippen molar-refractivity contribution >= 4 is 11.8 Å². The summed E-state index contributed by atoms with van der Waals surface area (Å²) in [6.07, 6.45) is 3.32. The van der Waals surface area contributed by atoms with Crippen LogP contribution in [0.15, 0.2) is 48.5 Å². The van der Waals surface area contributed by atoms with Gasteiger partial charge in [0.15, 0.2) is 0 Å². The van der Waals surface area contributed by atoms with E-state index in [0.29, 0.717) is 30.6 Å². The van der Waals surface area contributed by atoms with Gasteiger partial charge in [0.2, 0.25) is 5.91 Å². The standard InChI is InChI=1S/C23H24F2N2O2/c24-19-9-7-16(8-10-19)22(28)26-13-3-5-18(14-26)23(29)27(20-11-12-20)15-17-4-1-2-6-21(17)25/h1-2,4,6-10,18,20H,3,5,11-15H2. The molecule has 0 radical (unpaired) electrons. The second-order valence-corrected chi connectivity index (χ2v) is 7.89. The van der Waals surface area contributed by atoms with Gasteiger partial charge in [-0.05, 0) is 56.0 Å². The first-order valence-corrected chi connectivity index (χ1v) is 10.1. The van der Waals surface area contributed by atoms with E-state index in [1.807, 2.05) is 0 Å². The molecule has 29 heavy (non-hydrogen) atoms. The largest absolute Gasteiger partial charge is 0.338 e. The van der Waals surface area contributed by atoms with Crippen molar-refractivity contribution in [2.45, 2.75) is 38.3 Å². The predicted molar refractivity (Wildman–Crippen MR) is 105 cm³/mol. The Balaban J connectivity index is 1.46. The Labute approximate surface area is 169 Å². The van der Waals surface area contributed by atoms with Gasteiger partial charge in [-0.1, -0.05) is 18.2 Å². The lowest BCUT2D eigenvalue weighted by Gasteiger charge is -2.35. The molecule has 1 atom stereocenters. The van der Waals surface area contributed by atoms with Crippen molar-refractivity contribution in [1.29, 1.82) is 0 Å². The Bertz CT molecular complexity index is 896. The van der Waals surface area contributed by atoms with Crippen molar-refractivity contribution in [3.63, 3.8) is 0 Å². The van der Waals surface area contributed by atoms with E-state index in [1.54, 1.807) is 28.0 Å². The van der Waals surface area contributed by atoms with Crippen LogP contribution in [0.5, 0.6) is 0 Å². The smallest absolute Gasteiger partial charge is 0.253 e. The van der Waals surface area contributed by atoms with Crippen LogP contribution < -0.4 is 0 Å². The molecular formula is C23H24F2N2O2. The van der Waals surface area contributed by atoms with Crippen molar-refractivity contribution in [3.05, 3.63) is 71.3 Å². The van der Waals surface area contributed by atoms with E-state index in [0.717, 1.165) is 19.3 Å². The van der Waals surface area contributed by atoms with E-state index in [2.05, 4.69) is 0 Å². The number of benzene rings is 2. The summed E-state index contributed by atoms with van der Waals surface area (Å²) in [6.45, 7) is 1.19. The van der Waals surface area contributed by atoms with Crippen LogP contribution >= 0.6 is 0 Å². The monoisotopic (exact) mass is 398 g/mol. The minimum Gasteiger partial charge on any atom is -0.338 e. The number of carbonyl (C=O) groups excluding carboxylic acids is 2. The third-order valence-electron chi connectivity index (χ3n) is 5.72. The minimum absolute atomic E-state index is 0.00707. The molecule has 4 rings (SSSR count). The summed E-state index contributed by atoms with van der Waals surface area (Å²) in [5.74, 6) is -1.17. The normalized spacial score (nSPS) is 19.1. The van der Waals surface area contributed by atoms with Crippen molar-refractivity contribution < 1.29 is 18.4 Å².